The first-order chi connectivity index (χ1) is 14.1. The van der Waals surface area contributed by atoms with Crippen LogP contribution in [0.4, 0.5) is 5.82 Å². The maximum absolute atomic E-state index is 4.59. The SMILES string of the molecule is CC1(C)c2ccccc2SN1CCN1CCN(c2ncnc3ccccc23)CC1. The summed E-state index contributed by atoms with van der Waals surface area (Å²) < 4.78 is 2.54. The summed E-state index contributed by atoms with van der Waals surface area (Å²) in [6.45, 7) is 11.0. The number of aromatic nitrogens is 2. The second kappa shape index (κ2) is 7.59. The molecular formula is C23H27N5S. The second-order valence-electron chi connectivity index (χ2n) is 8.29. The van der Waals surface area contributed by atoms with Crippen molar-refractivity contribution in [3.63, 3.8) is 0 Å². The predicted molar refractivity (Wildman–Crippen MR) is 120 cm³/mol. The van der Waals surface area contributed by atoms with Crippen LogP contribution in [0.15, 0.2) is 59.8 Å². The van der Waals surface area contributed by atoms with E-state index >= 15 is 0 Å². The van der Waals surface area contributed by atoms with E-state index < -0.39 is 0 Å². The minimum atomic E-state index is 0.0863. The molecule has 6 heteroatoms. The molecule has 0 amide bonds. The number of anilines is 1. The third kappa shape index (κ3) is 3.50. The Morgan fingerprint density at radius 2 is 1.66 bits per heavy atom. The monoisotopic (exact) mass is 405 g/mol. The van der Waals surface area contributed by atoms with E-state index in [1.54, 1.807) is 6.33 Å². The van der Waals surface area contributed by atoms with Gasteiger partial charge in [0.2, 0.25) is 0 Å². The Kier molecular flexibility index (Phi) is 4.94. The molecule has 0 aliphatic carbocycles. The quantitative estimate of drug-likeness (QED) is 0.611. The molecule has 150 valence electrons. The first kappa shape index (κ1) is 18.9. The van der Waals surface area contributed by atoms with Crippen molar-refractivity contribution in [3.05, 3.63) is 60.4 Å². The van der Waals surface area contributed by atoms with E-state index in [2.05, 4.69) is 80.4 Å². The van der Waals surface area contributed by atoms with Crippen LogP contribution in [0.1, 0.15) is 19.4 Å². The number of benzene rings is 2. The van der Waals surface area contributed by atoms with Crippen molar-refractivity contribution in [2.45, 2.75) is 24.3 Å². The summed E-state index contributed by atoms with van der Waals surface area (Å²) in [7, 11) is 0. The highest BCUT2D eigenvalue weighted by Gasteiger charge is 2.38. The molecular weight excluding hydrogens is 378 g/mol. The van der Waals surface area contributed by atoms with Gasteiger partial charge in [-0.1, -0.05) is 30.3 Å². The Labute approximate surface area is 176 Å². The molecule has 0 atom stereocenters. The van der Waals surface area contributed by atoms with Gasteiger partial charge in [0, 0.05) is 49.6 Å². The Morgan fingerprint density at radius 1 is 0.897 bits per heavy atom. The van der Waals surface area contributed by atoms with Crippen LogP contribution in [0.2, 0.25) is 0 Å². The minimum Gasteiger partial charge on any atom is -0.353 e. The van der Waals surface area contributed by atoms with Crippen LogP contribution < -0.4 is 4.90 Å². The molecule has 0 spiro atoms. The van der Waals surface area contributed by atoms with E-state index in [9.17, 15) is 0 Å². The van der Waals surface area contributed by atoms with Gasteiger partial charge in [0.1, 0.15) is 12.1 Å². The van der Waals surface area contributed by atoms with Gasteiger partial charge in [0.25, 0.3) is 0 Å². The maximum Gasteiger partial charge on any atom is 0.139 e. The Morgan fingerprint density at radius 3 is 2.48 bits per heavy atom. The molecule has 1 saturated heterocycles. The molecule has 2 aliphatic heterocycles. The molecule has 2 aliphatic rings. The summed E-state index contributed by atoms with van der Waals surface area (Å²) >= 11 is 1.91. The number of piperazine rings is 1. The van der Waals surface area contributed by atoms with Gasteiger partial charge in [-0.05, 0) is 49.6 Å². The van der Waals surface area contributed by atoms with E-state index in [4.69, 9.17) is 0 Å². The van der Waals surface area contributed by atoms with Gasteiger partial charge in [0.05, 0.1) is 11.1 Å². The van der Waals surface area contributed by atoms with Crippen LogP contribution in [-0.2, 0) is 5.54 Å². The Hall–Kier alpha value is -2.15. The van der Waals surface area contributed by atoms with Crippen molar-refractivity contribution in [1.29, 1.82) is 0 Å². The third-order valence-corrected chi connectivity index (χ3v) is 7.60. The van der Waals surface area contributed by atoms with E-state index in [0.717, 1.165) is 56.0 Å². The Balaban J connectivity index is 1.20. The molecule has 0 bridgehead atoms. The average Bonchev–Trinajstić information content (AvgIpc) is 3.02. The van der Waals surface area contributed by atoms with Crippen molar-refractivity contribution in [3.8, 4) is 0 Å². The lowest BCUT2D eigenvalue weighted by Crippen LogP contribution is -2.49. The fourth-order valence-corrected chi connectivity index (χ4v) is 5.69. The minimum absolute atomic E-state index is 0.0863. The van der Waals surface area contributed by atoms with Crippen molar-refractivity contribution in [1.82, 2.24) is 19.2 Å². The summed E-state index contributed by atoms with van der Waals surface area (Å²) in [5.41, 5.74) is 2.56. The van der Waals surface area contributed by atoms with Crippen molar-refractivity contribution < 1.29 is 0 Å². The lowest BCUT2D eigenvalue weighted by molar-refractivity contribution is 0.198. The van der Waals surface area contributed by atoms with Gasteiger partial charge in [-0.3, -0.25) is 4.90 Å². The molecule has 1 aromatic heterocycles. The van der Waals surface area contributed by atoms with E-state index in [1.165, 1.54) is 10.5 Å². The van der Waals surface area contributed by atoms with E-state index in [0.29, 0.717) is 0 Å². The van der Waals surface area contributed by atoms with Crippen LogP contribution in [0.3, 0.4) is 0 Å². The lowest BCUT2D eigenvalue weighted by Gasteiger charge is -2.38. The number of para-hydroxylation sites is 1. The van der Waals surface area contributed by atoms with Gasteiger partial charge < -0.3 is 4.90 Å². The van der Waals surface area contributed by atoms with Crippen LogP contribution in [-0.4, -0.2) is 58.4 Å². The summed E-state index contributed by atoms with van der Waals surface area (Å²) in [6, 6.07) is 17.1. The van der Waals surface area contributed by atoms with Crippen LogP contribution >= 0.6 is 11.9 Å². The van der Waals surface area contributed by atoms with Crippen LogP contribution in [0.25, 0.3) is 10.9 Å². The smallest absolute Gasteiger partial charge is 0.139 e. The first-order valence-corrected chi connectivity index (χ1v) is 11.1. The number of hydrogen-bond donors (Lipinski definition) is 0. The number of nitrogens with zero attached hydrogens (tertiary/aromatic N) is 5. The molecule has 0 unspecified atom stereocenters. The van der Waals surface area contributed by atoms with Gasteiger partial charge in [-0.2, -0.15) is 0 Å². The zero-order valence-corrected chi connectivity index (χ0v) is 17.9. The molecule has 5 rings (SSSR count). The maximum atomic E-state index is 4.59. The van der Waals surface area contributed by atoms with Gasteiger partial charge in [0.15, 0.2) is 0 Å². The van der Waals surface area contributed by atoms with Crippen molar-refractivity contribution in [2.75, 3.05) is 44.2 Å². The summed E-state index contributed by atoms with van der Waals surface area (Å²) in [6.07, 6.45) is 1.69. The average molecular weight is 406 g/mol. The van der Waals surface area contributed by atoms with E-state index in [-0.39, 0.29) is 5.54 Å². The van der Waals surface area contributed by atoms with Crippen molar-refractivity contribution >= 4 is 28.7 Å². The third-order valence-electron chi connectivity index (χ3n) is 6.19. The highest BCUT2D eigenvalue weighted by molar-refractivity contribution is 7.97. The predicted octanol–water partition coefficient (Wildman–Crippen LogP) is 4.01. The molecule has 0 N–H and O–H groups in total. The summed E-state index contributed by atoms with van der Waals surface area (Å²) in [4.78, 5) is 15.4. The number of fused-ring (bicyclic) bond motifs is 2. The fraction of sp³-hybridized carbons (Fsp3) is 0.391. The number of rotatable bonds is 4. The molecule has 0 saturated carbocycles. The number of hydrogen-bond acceptors (Lipinski definition) is 6. The lowest BCUT2D eigenvalue weighted by atomic mass is 9.94. The molecule has 1 fully saturated rings. The van der Waals surface area contributed by atoms with Gasteiger partial charge in [-0.25, -0.2) is 14.3 Å². The topological polar surface area (TPSA) is 35.5 Å². The highest BCUT2D eigenvalue weighted by Crippen LogP contribution is 2.47. The molecule has 3 heterocycles. The largest absolute Gasteiger partial charge is 0.353 e. The first-order valence-electron chi connectivity index (χ1n) is 10.3. The Bertz CT molecular complexity index is 1010. The molecule has 0 radical (unpaired) electrons. The second-order valence-corrected chi connectivity index (χ2v) is 9.35. The fourth-order valence-electron chi connectivity index (χ4n) is 4.40. The molecule has 29 heavy (non-hydrogen) atoms. The molecule has 5 nitrogen and oxygen atoms in total. The summed E-state index contributed by atoms with van der Waals surface area (Å²) in [5, 5.41) is 1.15. The van der Waals surface area contributed by atoms with Crippen LogP contribution in [0, 0.1) is 0 Å². The van der Waals surface area contributed by atoms with Crippen LogP contribution in [0.5, 0.6) is 0 Å². The van der Waals surface area contributed by atoms with Gasteiger partial charge in [-0.15, -0.1) is 0 Å². The van der Waals surface area contributed by atoms with Crippen molar-refractivity contribution in [2.24, 2.45) is 0 Å². The normalized spacial score (nSPS) is 19.6. The van der Waals surface area contributed by atoms with Gasteiger partial charge >= 0.3 is 0 Å². The standard InChI is InChI=1S/C23H27N5S/c1-23(2)19-8-4-6-10-21(19)29-28(23)16-13-26-11-14-27(15-12-26)22-18-7-3-5-9-20(18)24-17-25-22/h3-10,17H,11-16H2,1-2H3. The zero-order chi connectivity index (χ0) is 19.8. The summed E-state index contributed by atoms with van der Waals surface area (Å²) in [5.74, 6) is 1.07. The van der Waals surface area contributed by atoms with E-state index in [1.807, 2.05) is 18.0 Å². The molecule has 2 aromatic carbocycles. The highest BCUT2D eigenvalue weighted by atomic mass is 32.2. The molecule has 3 aromatic rings. The zero-order valence-electron chi connectivity index (χ0n) is 17.1.